The van der Waals surface area contributed by atoms with E-state index in [0.717, 1.165) is 43.6 Å². The Morgan fingerprint density at radius 3 is 2.68 bits per heavy atom. The maximum absolute atomic E-state index is 11.4. The van der Waals surface area contributed by atoms with E-state index in [-0.39, 0.29) is 11.5 Å². The summed E-state index contributed by atoms with van der Waals surface area (Å²) in [5.74, 6) is -0.327. The summed E-state index contributed by atoms with van der Waals surface area (Å²) in [6.07, 6.45) is 6.19. The summed E-state index contributed by atoms with van der Waals surface area (Å²) in [5.41, 5.74) is 2.57. The van der Waals surface area contributed by atoms with Crippen molar-refractivity contribution in [1.29, 1.82) is 0 Å². The first-order valence-electron chi connectivity index (χ1n) is 8.43. The van der Waals surface area contributed by atoms with Gasteiger partial charge >= 0.3 is 5.97 Å². The SMILES string of the molecule is CC(=O)N1CCC(Cc2cncc(-c3cccc(C(=O)O)c3)n2)CC1. The normalized spacial score (nSPS) is 15.2. The molecule has 1 aliphatic heterocycles. The largest absolute Gasteiger partial charge is 0.478 e. The van der Waals surface area contributed by atoms with Crippen LogP contribution in [0.15, 0.2) is 36.7 Å². The Morgan fingerprint density at radius 1 is 1.24 bits per heavy atom. The fourth-order valence-electron chi connectivity index (χ4n) is 3.20. The van der Waals surface area contributed by atoms with Gasteiger partial charge in [-0.05, 0) is 37.3 Å². The van der Waals surface area contributed by atoms with Crippen molar-refractivity contribution in [3.63, 3.8) is 0 Å². The minimum atomic E-state index is -0.955. The van der Waals surface area contributed by atoms with E-state index in [1.165, 1.54) is 0 Å². The van der Waals surface area contributed by atoms with Crippen molar-refractivity contribution in [3.05, 3.63) is 47.9 Å². The van der Waals surface area contributed by atoms with Gasteiger partial charge in [0.25, 0.3) is 0 Å². The molecule has 6 nitrogen and oxygen atoms in total. The number of carbonyl (C=O) groups is 2. The van der Waals surface area contributed by atoms with Gasteiger partial charge in [-0.15, -0.1) is 0 Å². The predicted molar refractivity (Wildman–Crippen MR) is 93.1 cm³/mol. The average Bonchev–Trinajstić information content (AvgIpc) is 2.62. The number of hydrogen-bond donors (Lipinski definition) is 1. The number of carboxylic acid groups (broad SMARTS) is 1. The molecule has 1 aromatic heterocycles. The lowest BCUT2D eigenvalue weighted by Crippen LogP contribution is -2.37. The Morgan fingerprint density at radius 2 is 2.00 bits per heavy atom. The Bertz CT molecular complexity index is 783. The zero-order valence-corrected chi connectivity index (χ0v) is 14.2. The molecule has 1 N–H and O–H groups in total. The quantitative estimate of drug-likeness (QED) is 0.926. The van der Waals surface area contributed by atoms with Crippen LogP contribution in [0.5, 0.6) is 0 Å². The van der Waals surface area contributed by atoms with Gasteiger partial charge in [0.1, 0.15) is 0 Å². The third-order valence-electron chi connectivity index (χ3n) is 4.65. The van der Waals surface area contributed by atoms with Gasteiger partial charge in [0.2, 0.25) is 5.91 Å². The number of benzene rings is 1. The third kappa shape index (κ3) is 4.21. The average molecular weight is 339 g/mol. The maximum Gasteiger partial charge on any atom is 0.335 e. The molecule has 0 aliphatic carbocycles. The van der Waals surface area contributed by atoms with E-state index in [9.17, 15) is 9.59 Å². The van der Waals surface area contributed by atoms with E-state index < -0.39 is 5.97 Å². The van der Waals surface area contributed by atoms with E-state index in [0.29, 0.717) is 11.6 Å². The molecule has 1 fully saturated rings. The molecule has 2 aromatic rings. The molecule has 1 saturated heterocycles. The van der Waals surface area contributed by atoms with Crippen LogP contribution in [-0.2, 0) is 11.2 Å². The van der Waals surface area contributed by atoms with Gasteiger partial charge in [-0.25, -0.2) is 9.78 Å². The monoisotopic (exact) mass is 339 g/mol. The van der Waals surface area contributed by atoms with Crippen LogP contribution in [-0.4, -0.2) is 44.9 Å². The van der Waals surface area contributed by atoms with Crippen molar-refractivity contribution in [1.82, 2.24) is 14.9 Å². The van der Waals surface area contributed by atoms with Crippen LogP contribution in [0.4, 0.5) is 0 Å². The van der Waals surface area contributed by atoms with Gasteiger partial charge in [0.15, 0.2) is 0 Å². The van der Waals surface area contributed by atoms with Gasteiger partial charge in [0, 0.05) is 31.8 Å². The molecular formula is C19H21N3O3. The summed E-state index contributed by atoms with van der Waals surface area (Å²) in [5, 5.41) is 9.12. The zero-order valence-electron chi connectivity index (χ0n) is 14.2. The minimum Gasteiger partial charge on any atom is -0.478 e. The molecule has 130 valence electrons. The van der Waals surface area contributed by atoms with Gasteiger partial charge in [0.05, 0.1) is 23.1 Å². The number of piperidine rings is 1. The number of likely N-dealkylation sites (tertiary alicyclic amines) is 1. The van der Waals surface area contributed by atoms with Gasteiger partial charge in [-0.1, -0.05) is 12.1 Å². The van der Waals surface area contributed by atoms with Crippen molar-refractivity contribution in [2.24, 2.45) is 5.92 Å². The van der Waals surface area contributed by atoms with Gasteiger partial charge in [-0.2, -0.15) is 0 Å². The van der Waals surface area contributed by atoms with Crippen LogP contribution in [0.3, 0.4) is 0 Å². The van der Waals surface area contributed by atoms with Crippen molar-refractivity contribution < 1.29 is 14.7 Å². The summed E-state index contributed by atoms with van der Waals surface area (Å²) in [6, 6.07) is 6.73. The van der Waals surface area contributed by atoms with Crippen molar-refractivity contribution in [2.45, 2.75) is 26.2 Å². The lowest BCUT2D eigenvalue weighted by molar-refractivity contribution is -0.130. The summed E-state index contributed by atoms with van der Waals surface area (Å²) in [4.78, 5) is 33.3. The third-order valence-corrected chi connectivity index (χ3v) is 4.65. The first-order valence-corrected chi connectivity index (χ1v) is 8.43. The molecule has 0 radical (unpaired) electrons. The number of aromatic nitrogens is 2. The van der Waals surface area contributed by atoms with Crippen LogP contribution in [0.25, 0.3) is 11.3 Å². The second-order valence-electron chi connectivity index (χ2n) is 6.44. The Kier molecular flexibility index (Phi) is 5.07. The molecule has 0 atom stereocenters. The number of amides is 1. The van der Waals surface area contributed by atoms with E-state index in [2.05, 4.69) is 9.97 Å². The summed E-state index contributed by atoms with van der Waals surface area (Å²) in [6.45, 7) is 3.21. The molecule has 3 rings (SSSR count). The topological polar surface area (TPSA) is 83.4 Å². The highest BCUT2D eigenvalue weighted by atomic mass is 16.4. The van der Waals surface area contributed by atoms with Gasteiger partial charge in [-0.3, -0.25) is 9.78 Å². The first-order chi connectivity index (χ1) is 12.0. The molecule has 0 spiro atoms. The number of hydrogen-bond acceptors (Lipinski definition) is 4. The summed E-state index contributed by atoms with van der Waals surface area (Å²) >= 11 is 0. The molecule has 0 saturated carbocycles. The lowest BCUT2D eigenvalue weighted by atomic mass is 9.92. The molecule has 25 heavy (non-hydrogen) atoms. The molecule has 1 amide bonds. The Labute approximate surface area is 146 Å². The Hall–Kier alpha value is -2.76. The number of nitrogens with zero attached hydrogens (tertiary/aromatic N) is 3. The molecule has 1 aromatic carbocycles. The van der Waals surface area contributed by atoms with Crippen LogP contribution in [0.1, 0.15) is 35.8 Å². The maximum atomic E-state index is 11.4. The summed E-state index contributed by atoms with van der Waals surface area (Å²) < 4.78 is 0. The number of carbonyl (C=O) groups excluding carboxylic acids is 1. The zero-order chi connectivity index (χ0) is 17.8. The van der Waals surface area contributed by atoms with Crippen LogP contribution < -0.4 is 0 Å². The van der Waals surface area contributed by atoms with Crippen molar-refractivity contribution in [2.75, 3.05) is 13.1 Å². The molecule has 2 heterocycles. The molecule has 6 heteroatoms. The van der Waals surface area contributed by atoms with Gasteiger partial charge < -0.3 is 10.0 Å². The first kappa shape index (κ1) is 17.1. The predicted octanol–water partition coefficient (Wildman–Crippen LogP) is 2.64. The van der Waals surface area contributed by atoms with E-state index in [4.69, 9.17) is 5.11 Å². The number of rotatable bonds is 4. The van der Waals surface area contributed by atoms with Crippen molar-refractivity contribution >= 4 is 11.9 Å². The molecular weight excluding hydrogens is 318 g/mol. The molecule has 0 bridgehead atoms. The highest BCUT2D eigenvalue weighted by Crippen LogP contribution is 2.23. The van der Waals surface area contributed by atoms with Crippen LogP contribution in [0, 0.1) is 5.92 Å². The second kappa shape index (κ2) is 7.42. The summed E-state index contributed by atoms with van der Waals surface area (Å²) in [7, 11) is 0. The highest BCUT2D eigenvalue weighted by molar-refractivity contribution is 5.89. The van der Waals surface area contributed by atoms with Crippen LogP contribution >= 0.6 is 0 Å². The highest BCUT2D eigenvalue weighted by Gasteiger charge is 2.21. The lowest BCUT2D eigenvalue weighted by Gasteiger charge is -2.31. The van der Waals surface area contributed by atoms with E-state index >= 15 is 0 Å². The van der Waals surface area contributed by atoms with Crippen molar-refractivity contribution in [3.8, 4) is 11.3 Å². The smallest absolute Gasteiger partial charge is 0.335 e. The number of aromatic carboxylic acids is 1. The molecule has 1 aliphatic rings. The van der Waals surface area contributed by atoms with Crippen LogP contribution in [0.2, 0.25) is 0 Å². The fraction of sp³-hybridized carbons (Fsp3) is 0.368. The fourth-order valence-corrected chi connectivity index (χ4v) is 3.20. The Balaban J connectivity index is 1.71. The number of carboxylic acids is 1. The standard InChI is InChI=1S/C19H21N3O3/c1-13(23)22-7-5-14(6-8-22)9-17-11-20-12-18(21-17)15-3-2-4-16(10-15)19(24)25/h2-4,10-12,14H,5-9H2,1H3,(H,24,25). The molecule has 0 unspecified atom stereocenters. The second-order valence-corrected chi connectivity index (χ2v) is 6.44. The van der Waals surface area contributed by atoms with E-state index in [1.807, 2.05) is 11.0 Å². The van der Waals surface area contributed by atoms with E-state index in [1.54, 1.807) is 37.5 Å². The minimum absolute atomic E-state index is 0.138.